The minimum absolute atomic E-state index is 0.0384. The van der Waals surface area contributed by atoms with E-state index in [1.54, 1.807) is 0 Å². The minimum Gasteiger partial charge on any atom is -0.481 e. The largest absolute Gasteiger partial charge is 0.481 e. The van der Waals surface area contributed by atoms with Crippen LogP contribution in [0, 0.1) is 5.41 Å². The minimum atomic E-state index is -0.694. The summed E-state index contributed by atoms with van der Waals surface area (Å²) < 4.78 is 0. The first kappa shape index (κ1) is 14.3. The average Bonchev–Trinajstić information content (AvgIpc) is 2.93. The van der Waals surface area contributed by atoms with E-state index in [1.807, 2.05) is 11.8 Å². The van der Waals surface area contributed by atoms with Crippen molar-refractivity contribution in [3.63, 3.8) is 0 Å². The van der Waals surface area contributed by atoms with Gasteiger partial charge in [-0.25, -0.2) is 0 Å². The van der Waals surface area contributed by atoms with Crippen LogP contribution in [0.15, 0.2) is 0 Å². The lowest BCUT2D eigenvalue weighted by molar-refractivity contribution is -0.155. The number of hydrogen-bond donors (Lipinski definition) is 2. The van der Waals surface area contributed by atoms with Crippen LogP contribution >= 0.6 is 0 Å². The number of nitrogens with one attached hydrogen (secondary N) is 1. The van der Waals surface area contributed by atoms with E-state index in [2.05, 4.69) is 5.32 Å². The number of carbonyl (C=O) groups is 2. The van der Waals surface area contributed by atoms with E-state index in [0.29, 0.717) is 32.4 Å². The highest BCUT2D eigenvalue weighted by Gasteiger charge is 2.42. The van der Waals surface area contributed by atoms with Gasteiger partial charge in [0.2, 0.25) is 5.91 Å². The molecule has 0 radical (unpaired) electrons. The molecule has 2 N–H and O–H groups in total. The van der Waals surface area contributed by atoms with Gasteiger partial charge in [0.25, 0.3) is 0 Å². The van der Waals surface area contributed by atoms with Gasteiger partial charge in [0.15, 0.2) is 0 Å². The van der Waals surface area contributed by atoms with E-state index in [4.69, 9.17) is 0 Å². The molecule has 19 heavy (non-hydrogen) atoms. The molecule has 2 aliphatic heterocycles. The van der Waals surface area contributed by atoms with Gasteiger partial charge < -0.3 is 15.3 Å². The molecule has 5 heteroatoms. The summed E-state index contributed by atoms with van der Waals surface area (Å²) in [7, 11) is 0. The fourth-order valence-corrected chi connectivity index (χ4v) is 3.32. The van der Waals surface area contributed by atoms with Crippen molar-refractivity contribution in [2.75, 3.05) is 19.6 Å². The zero-order chi connectivity index (χ0) is 13.9. The Morgan fingerprint density at radius 2 is 2.05 bits per heavy atom. The van der Waals surface area contributed by atoms with Crippen LogP contribution in [0.5, 0.6) is 0 Å². The van der Waals surface area contributed by atoms with Crippen molar-refractivity contribution < 1.29 is 14.7 Å². The Morgan fingerprint density at radius 3 is 2.53 bits per heavy atom. The predicted octanol–water partition coefficient (Wildman–Crippen LogP) is 1.23. The number of likely N-dealkylation sites (tertiary alicyclic amines) is 1. The van der Waals surface area contributed by atoms with Crippen LogP contribution in [0.2, 0.25) is 0 Å². The molecule has 2 heterocycles. The van der Waals surface area contributed by atoms with Crippen LogP contribution in [0.25, 0.3) is 0 Å². The predicted molar refractivity (Wildman–Crippen MR) is 71.8 cm³/mol. The van der Waals surface area contributed by atoms with Crippen molar-refractivity contribution in [3.05, 3.63) is 0 Å². The molecule has 0 spiro atoms. The molecule has 0 aromatic heterocycles. The maximum Gasteiger partial charge on any atom is 0.309 e. The molecule has 1 atom stereocenters. The van der Waals surface area contributed by atoms with Crippen LogP contribution in [-0.4, -0.2) is 47.6 Å². The molecular formula is C14H24N2O3. The van der Waals surface area contributed by atoms with Gasteiger partial charge in [-0.3, -0.25) is 9.59 Å². The number of rotatable bonds is 4. The fourth-order valence-electron chi connectivity index (χ4n) is 3.32. The highest BCUT2D eigenvalue weighted by molar-refractivity contribution is 5.83. The third kappa shape index (κ3) is 2.91. The summed E-state index contributed by atoms with van der Waals surface area (Å²) in [4.78, 5) is 25.6. The summed E-state index contributed by atoms with van der Waals surface area (Å²) in [5, 5.41) is 12.7. The molecule has 2 aliphatic rings. The third-order valence-electron chi connectivity index (χ3n) is 4.57. The quantitative estimate of drug-likeness (QED) is 0.804. The number of carboxylic acids is 1. The maximum absolute atomic E-state index is 12.3. The molecule has 5 nitrogen and oxygen atoms in total. The smallest absolute Gasteiger partial charge is 0.309 e. The lowest BCUT2D eigenvalue weighted by Crippen LogP contribution is -2.51. The standard InChI is InChI=1S/C14H24N2O3/c1-2-5-14(13(18)19)6-9-16(10-7-14)12(17)11-4-3-8-15-11/h11,15H,2-10H2,1H3,(H,18,19)/t11-/m0/s1. The summed E-state index contributed by atoms with van der Waals surface area (Å²) in [5.74, 6) is -0.534. The highest BCUT2D eigenvalue weighted by Crippen LogP contribution is 2.36. The van der Waals surface area contributed by atoms with Gasteiger partial charge in [-0.1, -0.05) is 13.3 Å². The van der Waals surface area contributed by atoms with Gasteiger partial charge in [0, 0.05) is 13.1 Å². The molecule has 0 bridgehead atoms. The SMILES string of the molecule is CCCC1(C(=O)O)CCN(C(=O)[C@@H]2CCCN2)CC1. The van der Waals surface area contributed by atoms with E-state index in [-0.39, 0.29) is 11.9 Å². The first-order chi connectivity index (χ1) is 9.09. The van der Waals surface area contributed by atoms with Crippen molar-refractivity contribution in [1.82, 2.24) is 10.2 Å². The molecule has 0 aromatic carbocycles. The third-order valence-corrected chi connectivity index (χ3v) is 4.57. The lowest BCUT2D eigenvalue weighted by atomic mass is 9.75. The molecule has 2 saturated heterocycles. The van der Waals surface area contributed by atoms with E-state index in [9.17, 15) is 14.7 Å². The average molecular weight is 268 g/mol. The zero-order valence-corrected chi connectivity index (χ0v) is 11.7. The number of nitrogens with zero attached hydrogens (tertiary/aromatic N) is 1. The lowest BCUT2D eigenvalue weighted by Gasteiger charge is -2.39. The van der Waals surface area contributed by atoms with E-state index in [0.717, 1.165) is 25.8 Å². The molecule has 0 unspecified atom stereocenters. The van der Waals surface area contributed by atoms with Crippen molar-refractivity contribution in [2.45, 2.75) is 51.5 Å². The molecule has 2 fully saturated rings. The number of hydrogen-bond acceptors (Lipinski definition) is 3. The van der Waals surface area contributed by atoms with Crippen LogP contribution < -0.4 is 5.32 Å². The summed E-state index contributed by atoms with van der Waals surface area (Å²) in [5.41, 5.74) is -0.603. The number of piperidine rings is 1. The van der Waals surface area contributed by atoms with E-state index < -0.39 is 11.4 Å². The second kappa shape index (κ2) is 5.90. The molecule has 0 saturated carbocycles. The Labute approximate surface area is 114 Å². The first-order valence-corrected chi connectivity index (χ1v) is 7.34. The normalized spacial score (nSPS) is 26.4. The van der Waals surface area contributed by atoms with Gasteiger partial charge in [-0.15, -0.1) is 0 Å². The Kier molecular flexibility index (Phi) is 4.45. The molecule has 108 valence electrons. The first-order valence-electron chi connectivity index (χ1n) is 7.34. The van der Waals surface area contributed by atoms with Crippen LogP contribution in [0.4, 0.5) is 0 Å². The molecule has 2 rings (SSSR count). The Hall–Kier alpha value is -1.10. The topological polar surface area (TPSA) is 69.6 Å². The Bertz CT molecular complexity index is 343. The Balaban J connectivity index is 1.93. The van der Waals surface area contributed by atoms with Crippen molar-refractivity contribution >= 4 is 11.9 Å². The second-order valence-corrected chi connectivity index (χ2v) is 5.81. The number of amides is 1. The van der Waals surface area contributed by atoms with E-state index >= 15 is 0 Å². The summed E-state index contributed by atoms with van der Waals surface area (Å²) in [6, 6.07) is -0.0384. The van der Waals surface area contributed by atoms with Gasteiger partial charge in [0.1, 0.15) is 0 Å². The van der Waals surface area contributed by atoms with Crippen LogP contribution in [0.3, 0.4) is 0 Å². The number of aliphatic carboxylic acids is 1. The van der Waals surface area contributed by atoms with Crippen molar-refractivity contribution in [1.29, 1.82) is 0 Å². The Morgan fingerprint density at radius 1 is 1.37 bits per heavy atom. The zero-order valence-electron chi connectivity index (χ0n) is 11.7. The monoisotopic (exact) mass is 268 g/mol. The van der Waals surface area contributed by atoms with Crippen LogP contribution in [0.1, 0.15) is 45.4 Å². The number of carbonyl (C=O) groups excluding carboxylic acids is 1. The second-order valence-electron chi connectivity index (χ2n) is 5.81. The maximum atomic E-state index is 12.3. The molecule has 0 aromatic rings. The van der Waals surface area contributed by atoms with Crippen molar-refractivity contribution in [2.24, 2.45) is 5.41 Å². The molecule has 1 amide bonds. The molecular weight excluding hydrogens is 244 g/mol. The highest BCUT2D eigenvalue weighted by atomic mass is 16.4. The van der Waals surface area contributed by atoms with Crippen molar-refractivity contribution in [3.8, 4) is 0 Å². The summed E-state index contributed by atoms with van der Waals surface area (Å²) in [6.45, 7) is 4.11. The molecule has 0 aliphatic carbocycles. The van der Waals surface area contributed by atoms with Crippen LogP contribution in [-0.2, 0) is 9.59 Å². The number of carboxylic acid groups (broad SMARTS) is 1. The van der Waals surface area contributed by atoms with Gasteiger partial charge >= 0.3 is 5.97 Å². The van der Waals surface area contributed by atoms with Gasteiger partial charge in [-0.2, -0.15) is 0 Å². The summed E-state index contributed by atoms with van der Waals surface area (Å²) in [6.07, 6.45) is 4.74. The van der Waals surface area contributed by atoms with Gasteiger partial charge in [0.05, 0.1) is 11.5 Å². The van der Waals surface area contributed by atoms with Gasteiger partial charge in [-0.05, 0) is 38.6 Å². The fraction of sp³-hybridized carbons (Fsp3) is 0.857. The summed E-state index contributed by atoms with van der Waals surface area (Å²) >= 11 is 0. The van der Waals surface area contributed by atoms with E-state index in [1.165, 1.54) is 0 Å².